The maximum Gasteiger partial charge on any atom is 0.498 e. The Bertz CT molecular complexity index is 1150. The van der Waals surface area contributed by atoms with Crippen molar-refractivity contribution in [1.29, 1.82) is 0 Å². The molecule has 1 N–H and O–H groups in total. The number of amides is 1. The minimum atomic E-state index is -1.63. The largest absolute Gasteiger partial charge is 0.498 e. The lowest BCUT2D eigenvalue weighted by molar-refractivity contribution is 0.00578. The summed E-state index contributed by atoms with van der Waals surface area (Å²) in [4.78, 5) is 23.0. The van der Waals surface area contributed by atoms with Gasteiger partial charge in [-0.05, 0) is 41.5 Å². The van der Waals surface area contributed by atoms with E-state index in [1.165, 1.54) is 19.3 Å². The molecule has 36 heavy (non-hydrogen) atoms. The molecule has 1 amide bonds. The number of nitrogens with one attached hydrogen (secondary N) is 1. The zero-order valence-electron chi connectivity index (χ0n) is 21.6. The number of carbonyl (C=O) groups is 1. The zero-order valence-corrected chi connectivity index (χ0v) is 22.7. The van der Waals surface area contributed by atoms with Gasteiger partial charge in [-0.3, -0.25) is 9.48 Å². The molecule has 4 heterocycles. The Morgan fingerprint density at radius 1 is 1.28 bits per heavy atom. The van der Waals surface area contributed by atoms with Crippen molar-refractivity contribution in [2.24, 2.45) is 0 Å². The third-order valence-corrected chi connectivity index (χ3v) is 7.90. The van der Waals surface area contributed by atoms with Crippen LogP contribution in [0.3, 0.4) is 0 Å². The molecule has 2 aromatic rings. The Morgan fingerprint density at radius 2 is 1.92 bits per heavy atom. The first-order valence-corrected chi connectivity index (χ1v) is 12.4. The number of terminal acetylenes is 1. The quantitative estimate of drug-likeness (QED) is 0.343. The fourth-order valence-corrected chi connectivity index (χ4v) is 4.15. The van der Waals surface area contributed by atoms with Gasteiger partial charge in [-0.1, -0.05) is 9.24 Å². The Morgan fingerprint density at radius 3 is 2.44 bits per heavy atom. The van der Waals surface area contributed by atoms with Gasteiger partial charge in [-0.2, -0.15) is 5.10 Å². The van der Waals surface area contributed by atoms with Crippen LogP contribution in [0.5, 0.6) is 0 Å². The average Bonchev–Trinajstić information content (AvgIpc) is 3.32. The molecular formula is C24H33BFN6O3P. The van der Waals surface area contributed by atoms with Crippen molar-refractivity contribution in [3.63, 3.8) is 0 Å². The van der Waals surface area contributed by atoms with E-state index in [4.69, 9.17) is 15.7 Å². The summed E-state index contributed by atoms with van der Waals surface area (Å²) in [5.74, 6) is 2.90. The first-order valence-electron chi connectivity index (χ1n) is 11.9. The molecule has 9 nitrogen and oxygen atoms in total. The lowest BCUT2D eigenvalue weighted by Gasteiger charge is -2.49. The van der Waals surface area contributed by atoms with Crippen LogP contribution in [0.4, 0.5) is 10.2 Å². The van der Waals surface area contributed by atoms with Crippen LogP contribution in [-0.4, -0.2) is 68.5 Å². The van der Waals surface area contributed by atoms with Gasteiger partial charge in [0, 0.05) is 37.4 Å². The van der Waals surface area contributed by atoms with Crippen molar-refractivity contribution in [1.82, 2.24) is 25.1 Å². The zero-order chi connectivity index (χ0) is 26.5. The van der Waals surface area contributed by atoms with Gasteiger partial charge in [-0.15, -0.1) is 12.3 Å². The molecule has 0 aliphatic carbocycles. The summed E-state index contributed by atoms with van der Waals surface area (Å²) >= 11 is 0. The molecule has 4 rings (SSSR count). The SMILES string of the molecule is C#CCC1(n2cc(B3OC(C)(C)C(C)(C)O3)cn2)CN(c2cnc(C(=O)NC(C)C(C)(F)P)cn2)C1. The highest BCUT2D eigenvalue weighted by Crippen LogP contribution is 2.37. The van der Waals surface area contributed by atoms with Crippen molar-refractivity contribution >= 4 is 33.5 Å². The second-order valence-electron chi connectivity index (χ2n) is 10.9. The van der Waals surface area contributed by atoms with Gasteiger partial charge < -0.3 is 19.5 Å². The van der Waals surface area contributed by atoms with Crippen LogP contribution in [0.15, 0.2) is 24.8 Å². The number of nitrogens with zero attached hydrogens (tertiary/aromatic N) is 5. The van der Waals surface area contributed by atoms with E-state index in [9.17, 15) is 9.18 Å². The standard InChI is InChI=1S/C24H33BFN6O3P/c1-8-9-24(32-13-17(10-29-32)25-34-21(3,4)22(5,6)35-25)14-31(15-24)19-12-27-18(11-28-19)20(33)30-16(2)23(7,26)36/h1,10-13,16H,9,14-15,36H2,2-7H3,(H,30,33). The van der Waals surface area contributed by atoms with Gasteiger partial charge >= 0.3 is 7.12 Å². The molecule has 2 fully saturated rings. The molecule has 0 aromatic carbocycles. The fraction of sp³-hybridized carbons (Fsp3) is 0.583. The molecular weight excluding hydrogens is 481 g/mol. The molecule has 0 saturated carbocycles. The van der Waals surface area contributed by atoms with E-state index in [1.54, 1.807) is 13.1 Å². The minimum Gasteiger partial charge on any atom is -0.399 e. The van der Waals surface area contributed by atoms with Crippen LogP contribution in [0, 0.1) is 12.3 Å². The molecule has 0 radical (unpaired) electrons. The van der Waals surface area contributed by atoms with E-state index < -0.39 is 41.2 Å². The topological polar surface area (TPSA) is 94.4 Å². The summed E-state index contributed by atoms with van der Waals surface area (Å²) in [5, 5.41) is 5.56. The van der Waals surface area contributed by atoms with Crippen LogP contribution >= 0.6 is 9.24 Å². The summed E-state index contributed by atoms with van der Waals surface area (Å²) in [5.41, 5.74) is -0.333. The van der Waals surface area contributed by atoms with Crippen molar-refractivity contribution in [2.45, 2.75) is 76.2 Å². The number of anilines is 1. The van der Waals surface area contributed by atoms with E-state index in [0.29, 0.717) is 25.3 Å². The predicted molar refractivity (Wildman–Crippen MR) is 140 cm³/mol. The van der Waals surface area contributed by atoms with Crippen LogP contribution in [-0.2, 0) is 14.8 Å². The van der Waals surface area contributed by atoms with Crippen molar-refractivity contribution in [3.05, 3.63) is 30.5 Å². The molecule has 2 aliphatic rings. The molecule has 2 saturated heterocycles. The van der Waals surface area contributed by atoms with Gasteiger partial charge in [0.15, 0.2) is 0 Å². The first kappa shape index (κ1) is 26.5. The Labute approximate surface area is 214 Å². The number of hydrogen-bond donors (Lipinski definition) is 1. The molecule has 12 heteroatoms. The van der Waals surface area contributed by atoms with E-state index >= 15 is 0 Å². The minimum absolute atomic E-state index is 0.120. The van der Waals surface area contributed by atoms with Gasteiger partial charge in [-0.25, -0.2) is 14.4 Å². The lowest BCUT2D eigenvalue weighted by atomic mass is 9.81. The third-order valence-electron chi connectivity index (χ3n) is 7.40. The van der Waals surface area contributed by atoms with Crippen LogP contribution < -0.4 is 15.7 Å². The summed E-state index contributed by atoms with van der Waals surface area (Å²) in [7, 11) is 1.57. The number of halogens is 1. The number of aromatic nitrogens is 4. The summed E-state index contributed by atoms with van der Waals surface area (Å²) < 4.78 is 28.2. The molecule has 2 aromatic heterocycles. The second kappa shape index (κ2) is 9.09. The molecule has 2 aliphatic heterocycles. The normalized spacial score (nSPS) is 22.3. The highest BCUT2D eigenvalue weighted by atomic mass is 31.0. The molecule has 0 bridgehead atoms. The molecule has 3 atom stereocenters. The van der Waals surface area contributed by atoms with Crippen molar-refractivity contribution < 1.29 is 18.5 Å². The summed E-state index contributed by atoms with van der Waals surface area (Å²) in [6, 6.07) is -0.702. The summed E-state index contributed by atoms with van der Waals surface area (Å²) in [6.45, 7) is 12.2. The van der Waals surface area contributed by atoms with E-state index in [2.05, 4.69) is 35.5 Å². The number of hydrogen-bond acceptors (Lipinski definition) is 7. The smallest absolute Gasteiger partial charge is 0.399 e. The Hall–Kier alpha value is -2.54. The third kappa shape index (κ3) is 4.87. The Kier molecular flexibility index (Phi) is 6.70. The van der Waals surface area contributed by atoms with Crippen molar-refractivity contribution in [3.8, 4) is 12.3 Å². The van der Waals surface area contributed by atoms with E-state index in [1.807, 2.05) is 43.5 Å². The van der Waals surface area contributed by atoms with Crippen LogP contribution in [0.25, 0.3) is 0 Å². The predicted octanol–water partition coefficient (Wildman–Crippen LogP) is 1.89. The average molecular weight is 514 g/mol. The van der Waals surface area contributed by atoms with Crippen LogP contribution in [0.1, 0.15) is 58.5 Å². The van der Waals surface area contributed by atoms with Crippen molar-refractivity contribution in [2.75, 3.05) is 18.0 Å². The monoisotopic (exact) mass is 514 g/mol. The lowest BCUT2D eigenvalue weighted by Crippen LogP contribution is -2.63. The maximum atomic E-state index is 14.0. The van der Waals surface area contributed by atoms with Gasteiger partial charge in [0.05, 0.1) is 29.6 Å². The van der Waals surface area contributed by atoms with Gasteiger partial charge in [0.25, 0.3) is 5.91 Å². The van der Waals surface area contributed by atoms with E-state index in [0.717, 1.165) is 5.46 Å². The van der Waals surface area contributed by atoms with Crippen LogP contribution in [0.2, 0.25) is 0 Å². The molecule has 192 valence electrons. The van der Waals surface area contributed by atoms with Gasteiger partial charge in [0.2, 0.25) is 0 Å². The van der Waals surface area contributed by atoms with E-state index in [-0.39, 0.29) is 5.69 Å². The summed E-state index contributed by atoms with van der Waals surface area (Å²) in [6.07, 6.45) is 12.8. The fourth-order valence-electron chi connectivity index (χ4n) is 4.06. The number of alkyl halides is 1. The number of carbonyl (C=O) groups excluding carboxylic acids is 1. The maximum absolute atomic E-state index is 14.0. The molecule has 3 unspecified atom stereocenters. The second-order valence-corrected chi connectivity index (χ2v) is 12.0. The van der Waals surface area contributed by atoms with Gasteiger partial charge in [0.1, 0.15) is 22.5 Å². The molecule has 0 spiro atoms. The Balaban J connectivity index is 1.44. The highest BCUT2D eigenvalue weighted by Gasteiger charge is 2.53. The number of rotatable bonds is 7. The highest BCUT2D eigenvalue weighted by molar-refractivity contribution is 7.18. The first-order chi connectivity index (χ1) is 16.7.